The molecule has 1 aliphatic carbocycles. The van der Waals surface area contributed by atoms with Gasteiger partial charge in [0.1, 0.15) is 11.6 Å². The number of ether oxygens (including phenoxy) is 1. The summed E-state index contributed by atoms with van der Waals surface area (Å²) in [6, 6.07) is 6.05. The van der Waals surface area contributed by atoms with Gasteiger partial charge in [0.15, 0.2) is 5.78 Å². The molecule has 1 atom stereocenters. The van der Waals surface area contributed by atoms with Crippen molar-refractivity contribution in [1.82, 2.24) is 9.97 Å². The van der Waals surface area contributed by atoms with Crippen molar-refractivity contribution in [2.24, 2.45) is 5.41 Å². The third kappa shape index (κ3) is 3.37. The molecule has 2 heterocycles. The van der Waals surface area contributed by atoms with Gasteiger partial charge < -0.3 is 10.1 Å². The van der Waals surface area contributed by atoms with Crippen LogP contribution in [0.25, 0.3) is 0 Å². The van der Waals surface area contributed by atoms with Gasteiger partial charge in [-0.15, -0.1) is 0 Å². The number of fused-ring (bicyclic) bond motifs is 1. The second kappa shape index (κ2) is 6.68. The Kier molecular flexibility index (Phi) is 4.40. The van der Waals surface area contributed by atoms with Gasteiger partial charge in [0.2, 0.25) is 0 Å². The maximum absolute atomic E-state index is 13.1. The Morgan fingerprint density at radius 3 is 2.55 bits per heavy atom. The van der Waals surface area contributed by atoms with E-state index in [1.54, 1.807) is 12.1 Å². The van der Waals surface area contributed by atoms with Crippen molar-refractivity contribution in [3.63, 3.8) is 0 Å². The van der Waals surface area contributed by atoms with Gasteiger partial charge in [-0.3, -0.25) is 19.6 Å². The lowest BCUT2D eigenvalue weighted by Crippen LogP contribution is -2.39. The number of aromatic nitrogens is 2. The quantitative estimate of drug-likeness (QED) is 0.731. The SMILES string of the molecule is CC1(C)CC(=O)C2=C(C1)Nc1[nH]c(=O)[nH]c(=O)c1[C@H]2c1ccccc1OC(F)F. The number of H-pyrrole nitrogens is 2. The summed E-state index contributed by atoms with van der Waals surface area (Å²) in [5.74, 6) is -1.10. The molecule has 0 saturated carbocycles. The maximum atomic E-state index is 13.1. The maximum Gasteiger partial charge on any atom is 0.387 e. The van der Waals surface area contributed by atoms with E-state index in [1.165, 1.54) is 12.1 Å². The number of hydrogen-bond donors (Lipinski definition) is 3. The number of allylic oxidation sites excluding steroid dienone is 2. The van der Waals surface area contributed by atoms with Crippen LogP contribution in [0.4, 0.5) is 14.6 Å². The average Bonchev–Trinajstić information content (AvgIpc) is 2.58. The molecule has 0 unspecified atom stereocenters. The monoisotopic (exact) mass is 403 g/mol. The summed E-state index contributed by atoms with van der Waals surface area (Å²) in [4.78, 5) is 42.3. The first-order chi connectivity index (χ1) is 13.7. The first-order valence-corrected chi connectivity index (χ1v) is 9.10. The second-order valence-electron chi connectivity index (χ2n) is 8.00. The Bertz CT molecular complexity index is 1150. The van der Waals surface area contributed by atoms with Crippen LogP contribution in [0.1, 0.15) is 43.7 Å². The Morgan fingerprint density at radius 1 is 1.10 bits per heavy atom. The fourth-order valence-electron chi connectivity index (χ4n) is 4.18. The van der Waals surface area contributed by atoms with Crippen LogP contribution in [-0.4, -0.2) is 22.4 Å². The topological polar surface area (TPSA) is 104 Å². The number of aromatic amines is 2. The molecule has 0 spiro atoms. The molecule has 0 bridgehead atoms. The van der Waals surface area contributed by atoms with Crippen LogP contribution in [0.2, 0.25) is 0 Å². The van der Waals surface area contributed by atoms with Crippen LogP contribution >= 0.6 is 0 Å². The standard InChI is InChI=1S/C20H19F2N3O4/c1-20(2)7-10-14(11(26)8-20)13(9-5-3-4-6-12(9)29-18(21)22)15-16(23-10)24-19(28)25-17(15)27/h3-6,13,18H,7-8H2,1-2H3,(H3,23,24,25,27,28)/t13-/m0/s1. The molecule has 0 amide bonds. The zero-order chi connectivity index (χ0) is 20.9. The van der Waals surface area contributed by atoms with E-state index in [0.29, 0.717) is 17.7 Å². The molecule has 152 valence electrons. The molecule has 1 aromatic carbocycles. The summed E-state index contributed by atoms with van der Waals surface area (Å²) in [6.07, 6.45) is 0.745. The molecular weight excluding hydrogens is 384 g/mol. The van der Waals surface area contributed by atoms with E-state index in [9.17, 15) is 23.2 Å². The van der Waals surface area contributed by atoms with Crippen molar-refractivity contribution >= 4 is 11.6 Å². The van der Waals surface area contributed by atoms with Gasteiger partial charge in [-0.25, -0.2) is 4.79 Å². The number of Topliss-reactive ketones (excluding diaryl/α,β-unsaturated/α-hetero) is 1. The van der Waals surface area contributed by atoms with Gasteiger partial charge >= 0.3 is 12.3 Å². The number of carbonyl (C=O) groups is 1. The highest BCUT2D eigenvalue weighted by molar-refractivity contribution is 6.01. The predicted octanol–water partition coefficient (Wildman–Crippen LogP) is 2.87. The number of alkyl halides is 2. The molecule has 2 aliphatic rings. The summed E-state index contributed by atoms with van der Waals surface area (Å²) in [6.45, 7) is 0.811. The first kappa shape index (κ1) is 19.1. The van der Waals surface area contributed by atoms with Crippen LogP contribution in [0.3, 0.4) is 0 Å². The molecular formula is C20H19F2N3O4. The third-order valence-corrected chi connectivity index (χ3v) is 5.20. The number of anilines is 1. The molecule has 0 saturated heterocycles. The van der Waals surface area contributed by atoms with Crippen LogP contribution in [0, 0.1) is 5.41 Å². The Hall–Kier alpha value is -3.23. The van der Waals surface area contributed by atoms with Gasteiger partial charge in [-0.05, 0) is 17.9 Å². The van der Waals surface area contributed by atoms with E-state index >= 15 is 0 Å². The normalized spacial score (nSPS) is 20.2. The number of nitrogens with one attached hydrogen (secondary N) is 3. The van der Waals surface area contributed by atoms with Crippen LogP contribution < -0.4 is 21.3 Å². The molecule has 1 aliphatic heterocycles. The molecule has 0 fully saturated rings. The van der Waals surface area contributed by atoms with Crippen LogP contribution in [0.15, 0.2) is 45.1 Å². The lowest BCUT2D eigenvalue weighted by atomic mass is 9.69. The summed E-state index contributed by atoms with van der Waals surface area (Å²) in [5, 5.41) is 3.02. The highest BCUT2D eigenvalue weighted by Crippen LogP contribution is 2.48. The van der Waals surface area contributed by atoms with Crippen LogP contribution in [0.5, 0.6) is 5.75 Å². The lowest BCUT2D eigenvalue weighted by molar-refractivity contribution is -0.118. The van der Waals surface area contributed by atoms with Gasteiger partial charge in [-0.2, -0.15) is 8.78 Å². The number of hydrogen-bond acceptors (Lipinski definition) is 5. The number of rotatable bonds is 3. The molecule has 2 aromatic rings. The summed E-state index contributed by atoms with van der Waals surface area (Å²) >= 11 is 0. The van der Waals surface area contributed by atoms with E-state index in [4.69, 9.17) is 0 Å². The summed E-state index contributed by atoms with van der Waals surface area (Å²) < 4.78 is 30.6. The van der Waals surface area contributed by atoms with Gasteiger partial charge in [0.25, 0.3) is 5.56 Å². The minimum Gasteiger partial charge on any atom is -0.435 e. The smallest absolute Gasteiger partial charge is 0.387 e. The van der Waals surface area contributed by atoms with Gasteiger partial charge in [0.05, 0.1) is 11.5 Å². The highest BCUT2D eigenvalue weighted by Gasteiger charge is 2.43. The fourth-order valence-corrected chi connectivity index (χ4v) is 4.18. The molecule has 1 aromatic heterocycles. The van der Waals surface area contributed by atoms with E-state index in [-0.39, 0.29) is 40.3 Å². The van der Waals surface area contributed by atoms with E-state index in [0.717, 1.165) is 0 Å². The average molecular weight is 403 g/mol. The summed E-state index contributed by atoms with van der Waals surface area (Å²) in [5.41, 5.74) is -0.488. The predicted molar refractivity (Wildman–Crippen MR) is 101 cm³/mol. The number of ketones is 1. The van der Waals surface area contributed by atoms with E-state index in [1.807, 2.05) is 13.8 Å². The number of para-hydroxylation sites is 1. The third-order valence-electron chi connectivity index (χ3n) is 5.20. The molecule has 7 nitrogen and oxygen atoms in total. The molecule has 9 heteroatoms. The largest absolute Gasteiger partial charge is 0.435 e. The molecule has 4 rings (SSSR count). The second-order valence-corrected chi connectivity index (χ2v) is 8.00. The van der Waals surface area contributed by atoms with Crippen molar-refractivity contribution in [2.45, 2.75) is 39.2 Å². The molecule has 29 heavy (non-hydrogen) atoms. The number of benzene rings is 1. The highest BCUT2D eigenvalue weighted by atomic mass is 19.3. The number of halogens is 2. The van der Waals surface area contributed by atoms with Crippen LogP contribution in [-0.2, 0) is 4.79 Å². The summed E-state index contributed by atoms with van der Waals surface area (Å²) in [7, 11) is 0. The molecule has 0 radical (unpaired) electrons. The van der Waals surface area contributed by atoms with Crippen molar-refractivity contribution in [3.8, 4) is 5.75 Å². The minimum absolute atomic E-state index is 0.0849. The van der Waals surface area contributed by atoms with Gasteiger partial charge in [0, 0.05) is 23.3 Å². The zero-order valence-corrected chi connectivity index (χ0v) is 15.8. The van der Waals surface area contributed by atoms with Crippen molar-refractivity contribution in [3.05, 3.63) is 67.5 Å². The molecule has 3 N–H and O–H groups in total. The van der Waals surface area contributed by atoms with Crippen molar-refractivity contribution in [1.29, 1.82) is 0 Å². The first-order valence-electron chi connectivity index (χ1n) is 9.10. The fraction of sp³-hybridized carbons (Fsp3) is 0.350. The van der Waals surface area contributed by atoms with Gasteiger partial charge in [-0.1, -0.05) is 32.0 Å². The zero-order valence-electron chi connectivity index (χ0n) is 15.8. The Labute approximate surface area is 163 Å². The van der Waals surface area contributed by atoms with E-state index in [2.05, 4.69) is 20.0 Å². The van der Waals surface area contributed by atoms with Crippen molar-refractivity contribution in [2.75, 3.05) is 5.32 Å². The van der Waals surface area contributed by atoms with Crippen molar-refractivity contribution < 1.29 is 18.3 Å². The Balaban J connectivity index is 2.01. The number of carbonyl (C=O) groups excluding carboxylic acids is 1. The van der Waals surface area contributed by atoms with E-state index < -0.39 is 23.8 Å². The minimum atomic E-state index is -3.07. The lowest BCUT2D eigenvalue weighted by Gasteiger charge is -2.38. The Morgan fingerprint density at radius 2 is 1.83 bits per heavy atom.